The predicted octanol–water partition coefficient (Wildman–Crippen LogP) is 3.23. The summed E-state index contributed by atoms with van der Waals surface area (Å²) in [6, 6.07) is 12.2. The Morgan fingerprint density at radius 2 is 1.68 bits per heavy atom. The number of carbonyl (C=O) groups is 2. The van der Waals surface area contributed by atoms with Crippen LogP contribution in [0.3, 0.4) is 0 Å². The van der Waals surface area contributed by atoms with Crippen LogP contribution < -0.4 is 15.4 Å². The van der Waals surface area contributed by atoms with E-state index < -0.39 is 6.10 Å². The number of ether oxygens (including phenoxy) is 2. The third-order valence-corrected chi connectivity index (χ3v) is 3.78. The average Bonchev–Trinajstić information content (AvgIpc) is 2.61. The summed E-state index contributed by atoms with van der Waals surface area (Å²) in [6.45, 7) is 3.57. The Kier molecular flexibility index (Phi) is 6.14. The van der Waals surface area contributed by atoms with Crippen LogP contribution in [0.5, 0.6) is 5.75 Å². The van der Waals surface area contributed by atoms with Crippen LogP contribution in [0.4, 0.5) is 11.4 Å². The van der Waals surface area contributed by atoms with Crippen LogP contribution in [0.25, 0.3) is 0 Å². The quantitative estimate of drug-likeness (QED) is 0.845. The summed E-state index contributed by atoms with van der Waals surface area (Å²) in [7, 11) is 3.04. The zero-order valence-corrected chi connectivity index (χ0v) is 14.8. The Morgan fingerprint density at radius 1 is 1.00 bits per heavy atom. The standard InChI is InChI=1S/C19H22N2O4/c1-12-8-9-14(10-17(12)25-4)19(23)21-16-7-5-6-15(11-16)20-18(22)13(2)24-3/h5-11,13H,1-4H3,(H,20,22)(H,21,23)/t13-/m0/s1. The van der Waals surface area contributed by atoms with E-state index in [1.807, 2.05) is 13.0 Å². The lowest BCUT2D eigenvalue weighted by Crippen LogP contribution is -2.26. The Balaban J connectivity index is 2.11. The van der Waals surface area contributed by atoms with E-state index in [2.05, 4.69) is 10.6 Å². The van der Waals surface area contributed by atoms with E-state index in [-0.39, 0.29) is 11.8 Å². The molecule has 0 aliphatic carbocycles. The molecule has 2 N–H and O–H groups in total. The van der Waals surface area contributed by atoms with Gasteiger partial charge in [0.25, 0.3) is 11.8 Å². The molecule has 0 aliphatic rings. The summed E-state index contributed by atoms with van der Waals surface area (Å²) in [5, 5.41) is 5.55. The molecule has 2 aromatic carbocycles. The second kappa shape index (κ2) is 8.30. The average molecular weight is 342 g/mol. The molecule has 2 rings (SSSR count). The van der Waals surface area contributed by atoms with E-state index in [0.29, 0.717) is 22.7 Å². The van der Waals surface area contributed by atoms with Crippen LogP contribution in [0.1, 0.15) is 22.8 Å². The number of amides is 2. The van der Waals surface area contributed by atoms with Crippen LogP contribution in [-0.2, 0) is 9.53 Å². The van der Waals surface area contributed by atoms with Crippen molar-refractivity contribution in [2.24, 2.45) is 0 Å². The van der Waals surface area contributed by atoms with Crippen LogP contribution in [0.15, 0.2) is 42.5 Å². The molecule has 6 heteroatoms. The van der Waals surface area contributed by atoms with Gasteiger partial charge in [-0.3, -0.25) is 9.59 Å². The second-order valence-electron chi connectivity index (χ2n) is 5.59. The summed E-state index contributed by atoms with van der Waals surface area (Å²) in [5.74, 6) is 0.142. The Hall–Kier alpha value is -2.86. The number of carbonyl (C=O) groups excluding carboxylic acids is 2. The molecule has 0 bridgehead atoms. The van der Waals surface area contributed by atoms with E-state index in [9.17, 15) is 9.59 Å². The zero-order chi connectivity index (χ0) is 18.4. The normalized spacial score (nSPS) is 11.5. The molecule has 0 aromatic heterocycles. The summed E-state index contributed by atoms with van der Waals surface area (Å²) >= 11 is 0. The van der Waals surface area contributed by atoms with Gasteiger partial charge in [0.1, 0.15) is 11.9 Å². The van der Waals surface area contributed by atoms with Crippen LogP contribution in [0, 0.1) is 6.92 Å². The van der Waals surface area contributed by atoms with Crippen molar-refractivity contribution in [3.8, 4) is 5.75 Å². The molecule has 0 radical (unpaired) electrons. The number of hydrogen-bond acceptors (Lipinski definition) is 4. The second-order valence-corrected chi connectivity index (χ2v) is 5.59. The summed E-state index contributed by atoms with van der Waals surface area (Å²) < 4.78 is 10.2. The topological polar surface area (TPSA) is 76.7 Å². The third-order valence-electron chi connectivity index (χ3n) is 3.78. The molecule has 2 amide bonds. The minimum atomic E-state index is -0.557. The van der Waals surface area contributed by atoms with Gasteiger partial charge in [-0.15, -0.1) is 0 Å². The lowest BCUT2D eigenvalue weighted by atomic mass is 10.1. The molecule has 0 heterocycles. The molecular formula is C19H22N2O4. The maximum atomic E-state index is 12.4. The van der Waals surface area contributed by atoms with Crippen molar-refractivity contribution in [2.75, 3.05) is 24.9 Å². The first-order valence-corrected chi connectivity index (χ1v) is 7.84. The summed E-state index contributed by atoms with van der Waals surface area (Å²) in [4.78, 5) is 24.3. The zero-order valence-electron chi connectivity index (χ0n) is 14.8. The monoisotopic (exact) mass is 342 g/mol. The fourth-order valence-corrected chi connectivity index (χ4v) is 2.19. The van der Waals surface area contributed by atoms with Crippen LogP contribution in [-0.4, -0.2) is 32.1 Å². The maximum absolute atomic E-state index is 12.4. The summed E-state index contributed by atoms with van der Waals surface area (Å²) in [6.07, 6.45) is -0.557. The first kappa shape index (κ1) is 18.5. The minimum absolute atomic E-state index is 0.255. The van der Waals surface area contributed by atoms with Crippen molar-refractivity contribution in [1.82, 2.24) is 0 Å². The number of anilines is 2. The fraction of sp³-hybridized carbons (Fsp3) is 0.263. The van der Waals surface area contributed by atoms with Crippen molar-refractivity contribution >= 4 is 23.2 Å². The van der Waals surface area contributed by atoms with Gasteiger partial charge in [0, 0.05) is 24.0 Å². The lowest BCUT2D eigenvalue weighted by molar-refractivity contribution is -0.124. The first-order valence-electron chi connectivity index (χ1n) is 7.84. The van der Waals surface area contributed by atoms with Gasteiger partial charge in [-0.05, 0) is 49.7 Å². The Morgan fingerprint density at radius 3 is 2.32 bits per heavy atom. The number of methoxy groups -OCH3 is 2. The number of hydrogen-bond donors (Lipinski definition) is 2. The number of nitrogens with one attached hydrogen (secondary N) is 2. The molecule has 0 saturated heterocycles. The minimum Gasteiger partial charge on any atom is -0.496 e. The van der Waals surface area contributed by atoms with Crippen molar-refractivity contribution in [3.63, 3.8) is 0 Å². The van der Waals surface area contributed by atoms with Gasteiger partial charge < -0.3 is 20.1 Å². The van der Waals surface area contributed by atoms with Crippen molar-refractivity contribution in [3.05, 3.63) is 53.6 Å². The third kappa shape index (κ3) is 4.81. The molecule has 0 unspecified atom stereocenters. The molecule has 132 valence electrons. The fourth-order valence-electron chi connectivity index (χ4n) is 2.19. The highest BCUT2D eigenvalue weighted by Crippen LogP contribution is 2.21. The van der Waals surface area contributed by atoms with Gasteiger partial charge in [-0.1, -0.05) is 12.1 Å². The predicted molar refractivity (Wildman–Crippen MR) is 97.2 cm³/mol. The molecule has 25 heavy (non-hydrogen) atoms. The highest BCUT2D eigenvalue weighted by Gasteiger charge is 2.13. The molecule has 1 atom stereocenters. The lowest BCUT2D eigenvalue weighted by Gasteiger charge is -2.12. The first-order chi connectivity index (χ1) is 11.9. The van der Waals surface area contributed by atoms with Crippen molar-refractivity contribution in [2.45, 2.75) is 20.0 Å². The van der Waals surface area contributed by atoms with Gasteiger partial charge in [0.05, 0.1) is 7.11 Å². The number of rotatable bonds is 6. The van der Waals surface area contributed by atoms with Gasteiger partial charge in [0.2, 0.25) is 0 Å². The molecule has 0 aliphatic heterocycles. The van der Waals surface area contributed by atoms with Crippen LogP contribution in [0.2, 0.25) is 0 Å². The van der Waals surface area contributed by atoms with E-state index in [4.69, 9.17) is 9.47 Å². The van der Waals surface area contributed by atoms with E-state index >= 15 is 0 Å². The van der Waals surface area contributed by atoms with Gasteiger partial charge >= 0.3 is 0 Å². The SMILES string of the molecule is COc1cc(C(=O)Nc2cccc(NC(=O)[C@H](C)OC)c2)ccc1C. The number of aryl methyl sites for hydroxylation is 1. The molecule has 0 spiro atoms. The van der Waals surface area contributed by atoms with Gasteiger partial charge in [0.15, 0.2) is 0 Å². The summed E-state index contributed by atoms with van der Waals surface area (Å²) in [5.41, 5.74) is 2.60. The van der Waals surface area contributed by atoms with E-state index in [0.717, 1.165) is 5.56 Å². The van der Waals surface area contributed by atoms with E-state index in [1.54, 1.807) is 50.4 Å². The van der Waals surface area contributed by atoms with E-state index in [1.165, 1.54) is 7.11 Å². The van der Waals surface area contributed by atoms with Crippen molar-refractivity contribution < 1.29 is 19.1 Å². The van der Waals surface area contributed by atoms with Crippen molar-refractivity contribution in [1.29, 1.82) is 0 Å². The largest absolute Gasteiger partial charge is 0.496 e. The highest BCUT2D eigenvalue weighted by atomic mass is 16.5. The Bertz CT molecular complexity index is 774. The smallest absolute Gasteiger partial charge is 0.255 e. The van der Waals surface area contributed by atoms with Gasteiger partial charge in [-0.2, -0.15) is 0 Å². The van der Waals surface area contributed by atoms with Crippen LogP contribution >= 0.6 is 0 Å². The maximum Gasteiger partial charge on any atom is 0.255 e. The Labute approximate surface area is 147 Å². The number of benzene rings is 2. The molecule has 0 saturated carbocycles. The molecule has 2 aromatic rings. The molecule has 0 fully saturated rings. The highest BCUT2D eigenvalue weighted by molar-refractivity contribution is 6.05. The van der Waals surface area contributed by atoms with Gasteiger partial charge in [-0.25, -0.2) is 0 Å². The molecule has 6 nitrogen and oxygen atoms in total. The molecular weight excluding hydrogens is 320 g/mol.